The molecule has 0 aliphatic heterocycles. The monoisotopic (exact) mass is 298 g/mol. The molecule has 0 heterocycles. The lowest BCUT2D eigenvalue weighted by molar-refractivity contribution is -0.138. The van der Waals surface area contributed by atoms with Gasteiger partial charge in [0.2, 0.25) is 0 Å². The van der Waals surface area contributed by atoms with Crippen molar-refractivity contribution in [3.63, 3.8) is 0 Å². The molecular formula is C10H10BrF3O2. The van der Waals surface area contributed by atoms with E-state index in [4.69, 9.17) is 4.74 Å². The molecule has 2 nitrogen and oxygen atoms in total. The van der Waals surface area contributed by atoms with Gasteiger partial charge in [0.15, 0.2) is 0 Å². The summed E-state index contributed by atoms with van der Waals surface area (Å²) in [6, 6.07) is 3.98. The summed E-state index contributed by atoms with van der Waals surface area (Å²) >= 11 is 2.86. The highest BCUT2D eigenvalue weighted by molar-refractivity contribution is 9.10. The molecule has 1 rings (SSSR count). The van der Waals surface area contributed by atoms with Gasteiger partial charge in [0, 0.05) is 11.6 Å². The fraction of sp³-hybridized carbons (Fsp3) is 0.400. The van der Waals surface area contributed by atoms with Crippen LogP contribution in [0.4, 0.5) is 13.2 Å². The minimum absolute atomic E-state index is 0.0236. The molecule has 6 heteroatoms. The molecule has 0 radical (unpaired) electrons. The Balaban J connectivity index is 2.82. The number of alkyl halides is 3. The summed E-state index contributed by atoms with van der Waals surface area (Å²) in [7, 11) is 1.45. The van der Waals surface area contributed by atoms with Crippen LogP contribution in [-0.4, -0.2) is 13.9 Å². The Morgan fingerprint density at radius 3 is 2.56 bits per heavy atom. The van der Waals surface area contributed by atoms with E-state index >= 15 is 0 Å². The van der Waals surface area contributed by atoms with Gasteiger partial charge >= 0.3 is 6.18 Å². The number of hydrogen-bond donors (Lipinski definition) is 0. The summed E-state index contributed by atoms with van der Waals surface area (Å²) in [5.41, 5.74) is -0.251. The van der Waals surface area contributed by atoms with Gasteiger partial charge in [-0.3, -0.25) is 0 Å². The highest BCUT2D eigenvalue weighted by atomic mass is 79.9. The van der Waals surface area contributed by atoms with E-state index in [1.165, 1.54) is 13.2 Å². The number of ether oxygens (including phenoxy) is 2. The van der Waals surface area contributed by atoms with Gasteiger partial charge in [-0.05, 0) is 17.7 Å². The van der Waals surface area contributed by atoms with Crippen LogP contribution in [0, 0.1) is 0 Å². The molecule has 0 aliphatic rings. The minimum Gasteiger partial charge on any atom is -0.359 e. The molecule has 1 aromatic carbocycles. The number of rotatable bonds is 4. The Morgan fingerprint density at radius 2 is 2.00 bits per heavy atom. The second kappa shape index (κ2) is 5.65. The van der Waals surface area contributed by atoms with Crippen LogP contribution in [0.2, 0.25) is 0 Å². The Bertz CT molecular complexity index is 352. The predicted octanol–water partition coefficient (Wildman–Crippen LogP) is 3.59. The second-order valence-corrected chi connectivity index (χ2v) is 3.92. The summed E-state index contributed by atoms with van der Waals surface area (Å²) in [6.07, 6.45) is -4.36. The Morgan fingerprint density at radius 1 is 1.31 bits per heavy atom. The Kier molecular flexibility index (Phi) is 4.76. The van der Waals surface area contributed by atoms with Gasteiger partial charge in [0.1, 0.15) is 6.79 Å². The van der Waals surface area contributed by atoms with Crippen molar-refractivity contribution >= 4 is 15.9 Å². The second-order valence-electron chi connectivity index (χ2n) is 3.07. The van der Waals surface area contributed by atoms with Crippen LogP contribution >= 0.6 is 15.9 Å². The van der Waals surface area contributed by atoms with Crippen LogP contribution in [0.15, 0.2) is 22.7 Å². The third-order valence-corrected chi connectivity index (χ3v) is 2.50. The number of hydrogen-bond acceptors (Lipinski definition) is 2. The van der Waals surface area contributed by atoms with Gasteiger partial charge in [-0.2, -0.15) is 13.2 Å². The van der Waals surface area contributed by atoms with Crippen LogP contribution in [0.25, 0.3) is 0 Å². The lowest BCUT2D eigenvalue weighted by atomic mass is 10.1. The van der Waals surface area contributed by atoms with Crippen molar-refractivity contribution in [1.82, 2.24) is 0 Å². The third-order valence-electron chi connectivity index (χ3n) is 1.81. The molecule has 0 unspecified atom stereocenters. The highest BCUT2D eigenvalue weighted by Gasteiger charge is 2.32. The zero-order valence-electron chi connectivity index (χ0n) is 8.47. The lowest BCUT2D eigenvalue weighted by Gasteiger charge is -2.11. The van der Waals surface area contributed by atoms with Crippen LogP contribution in [0.3, 0.4) is 0 Å². The zero-order valence-corrected chi connectivity index (χ0v) is 10.1. The van der Waals surface area contributed by atoms with E-state index < -0.39 is 11.7 Å². The topological polar surface area (TPSA) is 18.5 Å². The Hall–Kier alpha value is -0.590. The van der Waals surface area contributed by atoms with Crippen LogP contribution in [0.5, 0.6) is 0 Å². The molecule has 0 bridgehead atoms. The maximum Gasteiger partial charge on any atom is 0.417 e. The average Bonchev–Trinajstić information content (AvgIpc) is 2.19. The predicted molar refractivity (Wildman–Crippen MR) is 55.8 cm³/mol. The molecular weight excluding hydrogens is 289 g/mol. The average molecular weight is 299 g/mol. The standard InChI is InChI=1S/C10H10BrF3O2/c1-15-6-16-5-7-2-3-9(11)8(4-7)10(12,13)14/h2-4H,5-6H2,1H3. The molecule has 0 saturated carbocycles. The maximum absolute atomic E-state index is 12.5. The first kappa shape index (κ1) is 13.5. The fourth-order valence-corrected chi connectivity index (χ4v) is 1.59. The zero-order chi connectivity index (χ0) is 12.2. The van der Waals surface area contributed by atoms with Crippen LogP contribution in [0.1, 0.15) is 11.1 Å². The van der Waals surface area contributed by atoms with Gasteiger partial charge in [0.25, 0.3) is 0 Å². The van der Waals surface area contributed by atoms with Gasteiger partial charge in [-0.1, -0.05) is 22.0 Å². The van der Waals surface area contributed by atoms with Crippen molar-refractivity contribution in [2.24, 2.45) is 0 Å². The quantitative estimate of drug-likeness (QED) is 0.625. The van der Waals surface area contributed by atoms with Crippen LogP contribution < -0.4 is 0 Å². The SMILES string of the molecule is COCOCc1ccc(Br)c(C(F)(F)F)c1. The summed E-state index contributed by atoms with van der Waals surface area (Å²) in [5.74, 6) is 0. The summed E-state index contributed by atoms with van der Waals surface area (Å²) in [4.78, 5) is 0. The van der Waals surface area contributed by atoms with Gasteiger partial charge in [-0.15, -0.1) is 0 Å². The molecule has 90 valence electrons. The molecule has 0 saturated heterocycles. The third kappa shape index (κ3) is 3.77. The highest BCUT2D eigenvalue weighted by Crippen LogP contribution is 2.35. The van der Waals surface area contributed by atoms with Crippen molar-refractivity contribution in [2.75, 3.05) is 13.9 Å². The minimum atomic E-state index is -4.36. The first-order valence-corrected chi connectivity index (χ1v) is 5.16. The van der Waals surface area contributed by atoms with Gasteiger partial charge < -0.3 is 9.47 Å². The van der Waals surface area contributed by atoms with Gasteiger partial charge in [0.05, 0.1) is 12.2 Å². The first-order chi connectivity index (χ1) is 7.45. The van der Waals surface area contributed by atoms with Crippen LogP contribution in [-0.2, 0) is 22.3 Å². The van der Waals surface area contributed by atoms with Gasteiger partial charge in [-0.25, -0.2) is 0 Å². The fourth-order valence-electron chi connectivity index (χ4n) is 1.12. The molecule has 1 aromatic rings. The normalized spacial score (nSPS) is 11.8. The molecule has 0 aliphatic carbocycles. The van der Waals surface area contributed by atoms with E-state index in [-0.39, 0.29) is 17.9 Å². The Labute approximate surface area is 99.5 Å². The van der Waals surface area contributed by atoms with Crippen molar-refractivity contribution < 1.29 is 22.6 Å². The number of benzene rings is 1. The van der Waals surface area contributed by atoms with E-state index in [0.717, 1.165) is 6.07 Å². The summed E-state index contributed by atoms with van der Waals surface area (Å²) in [6.45, 7) is 0.140. The smallest absolute Gasteiger partial charge is 0.359 e. The molecule has 16 heavy (non-hydrogen) atoms. The first-order valence-electron chi connectivity index (χ1n) is 4.37. The summed E-state index contributed by atoms with van der Waals surface area (Å²) in [5, 5.41) is 0. The molecule has 0 atom stereocenters. The van der Waals surface area contributed by atoms with E-state index in [1.54, 1.807) is 6.07 Å². The number of halogens is 4. The van der Waals surface area contributed by atoms with Crippen molar-refractivity contribution in [3.8, 4) is 0 Å². The van der Waals surface area contributed by atoms with E-state index in [0.29, 0.717) is 5.56 Å². The summed E-state index contributed by atoms with van der Waals surface area (Å²) < 4.78 is 47.2. The van der Waals surface area contributed by atoms with E-state index in [9.17, 15) is 13.2 Å². The number of methoxy groups -OCH3 is 1. The van der Waals surface area contributed by atoms with Crippen molar-refractivity contribution in [1.29, 1.82) is 0 Å². The van der Waals surface area contributed by atoms with Crippen molar-refractivity contribution in [2.45, 2.75) is 12.8 Å². The van der Waals surface area contributed by atoms with E-state index in [2.05, 4.69) is 20.7 Å². The molecule has 0 aromatic heterocycles. The van der Waals surface area contributed by atoms with Crippen molar-refractivity contribution in [3.05, 3.63) is 33.8 Å². The molecule has 0 spiro atoms. The largest absolute Gasteiger partial charge is 0.417 e. The van der Waals surface area contributed by atoms with E-state index in [1.807, 2.05) is 0 Å². The maximum atomic E-state index is 12.5. The molecule has 0 N–H and O–H groups in total. The lowest BCUT2D eigenvalue weighted by Crippen LogP contribution is -2.07. The molecule has 0 amide bonds. The molecule has 0 fully saturated rings.